The molecular formula is C51H66NP3Si3. The lowest BCUT2D eigenvalue weighted by molar-refractivity contribution is 0.606. The molecule has 0 spiro atoms. The van der Waals surface area contributed by atoms with Crippen molar-refractivity contribution in [3.05, 3.63) is 182 Å². The van der Waals surface area contributed by atoms with Crippen LogP contribution < -0.4 is 31.8 Å². The predicted octanol–water partition coefficient (Wildman–Crippen LogP) is 13.0. The van der Waals surface area contributed by atoms with Crippen molar-refractivity contribution in [1.82, 2.24) is 0 Å². The van der Waals surface area contributed by atoms with Crippen LogP contribution in [0.5, 0.6) is 0 Å². The first-order valence-electron chi connectivity index (χ1n) is 20.8. The number of rotatable bonds is 11. The highest BCUT2D eigenvalue weighted by molar-refractivity contribution is 8.40. The van der Waals surface area contributed by atoms with Crippen LogP contribution in [0.25, 0.3) is 0 Å². The van der Waals surface area contributed by atoms with Gasteiger partial charge in [-0.15, -0.1) is 0 Å². The largest absolute Gasteiger partial charge is 0.325 e. The van der Waals surface area contributed by atoms with Crippen molar-refractivity contribution in [2.24, 2.45) is 9.83 Å². The van der Waals surface area contributed by atoms with Crippen LogP contribution in [0.15, 0.2) is 186 Å². The lowest BCUT2D eigenvalue weighted by Crippen LogP contribution is -2.50. The number of nitrogens with zero attached hydrogens (tertiary/aromatic N) is 1. The SMILES string of the molecule is CC(C)(C)C([Si](C)(C)C)=P(C(P(=N[Si](C)(C)C)(c1ccccc1)c1ccccc1)=P(c1ccccc1)(c1ccccc1)[Si](C)(C)C)(c1ccccc1)c1ccccc1. The zero-order chi connectivity index (χ0) is 42.0. The maximum Gasteiger partial charge on any atom is 0.171 e. The topological polar surface area (TPSA) is 12.4 Å². The summed E-state index contributed by atoms with van der Waals surface area (Å²) >= 11 is 0. The lowest BCUT2D eigenvalue weighted by Gasteiger charge is -2.54. The van der Waals surface area contributed by atoms with Crippen molar-refractivity contribution >= 4 is 85.9 Å². The van der Waals surface area contributed by atoms with Crippen LogP contribution in [0.2, 0.25) is 58.9 Å². The Morgan fingerprint density at radius 2 is 0.672 bits per heavy atom. The Labute approximate surface area is 355 Å². The fourth-order valence-electron chi connectivity index (χ4n) is 9.87. The van der Waals surface area contributed by atoms with E-state index in [0.717, 1.165) is 0 Å². The fraction of sp³-hybridized carbons (Fsp3) is 0.255. The molecule has 6 rings (SSSR count). The van der Waals surface area contributed by atoms with Crippen LogP contribution >= 0.6 is 20.4 Å². The third-order valence-electron chi connectivity index (χ3n) is 10.9. The highest BCUT2D eigenvalue weighted by Crippen LogP contribution is 2.77. The standard InChI is InChI=1S/C51H66NP3Si3/c1-51(2,3)49(56(4,5)6)53(43-31-19-13-20-32-43,44-33-21-14-22-34-44)50(55(58(10,11)12,47-39-27-17-28-40-47)48-41-29-18-30-42-48)54(52-57(7,8)9,45-35-23-15-24-36-45)46-37-25-16-26-38-46/h13-42H,1-12H3. The van der Waals surface area contributed by atoms with E-state index < -0.39 is 44.4 Å². The second-order valence-corrected chi connectivity index (χ2v) is 50.4. The predicted molar refractivity (Wildman–Crippen MR) is 279 cm³/mol. The average Bonchev–Trinajstić information content (AvgIpc) is 3.18. The van der Waals surface area contributed by atoms with Gasteiger partial charge in [-0.2, -0.15) is 0 Å². The molecule has 302 valence electrons. The Hall–Kier alpha value is -3.20. The Morgan fingerprint density at radius 1 is 0.397 bits per heavy atom. The van der Waals surface area contributed by atoms with Gasteiger partial charge in [0.1, 0.15) is 0 Å². The quantitative estimate of drug-likeness (QED) is 0.0909. The summed E-state index contributed by atoms with van der Waals surface area (Å²) in [6.45, 7) is 28.3. The van der Waals surface area contributed by atoms with Gasteiger partial charge in [-0.05, 0) is 44.1 Å². The van der Waals surface area contributed by atoms with Crippen LogP contribution in [0.4, 0.5) is 0 Å². The van der Waals surface area contributed by atoms with Crippen LogP contribution in [0, 0.1) is 5.41 Å². The Bertz CT molecular complexity index is 2330. The monoisotopic (exact) mass is 869 g/mol. The van der Waals surface area contributed by atoms with E-state index in [1.807, 2.05) is 0 Å². The highest BCUT2D eigenvalue weighted by Gasteiger charge is 2.54. The fourth-order valence-corrected chi connectivity index (χ4v) is 58.8. The minimum Gasteiger partial charge on any atom is -0.325 e. The van der Waals surface area contributed by atoms with E-state index in [0.29, 0.717) is 0 Å². The molecule has 0 aromatic heterocycles. The maximum absolute atomic E-state index is 6.77. The third-order valence-corrected chi connectivity index (χ3v) is 46.0. The van der Waals surface area contributed by atoms with Crippen molar-refractivity contribution in [2.75, 3.05) is 0 Å². The summed E-state index contributed by atoms with van der Waals surface area (Å²) in [6.07, 6.45) is -2.59. The molecule has 0 saturated carbocycles. The van der Waals surface area contributed by atoms with E-state index in [4.69, 9.17) is 4.41 Å². The van der Waals surface area contributed by atoms with Crippen LogP contribution in [0.1, 0.15) is 20.8 Å². The second kappa shape index (κ2) is 17.0. The third kappa shape index (κ3) is 8.16. The summed E-state index contributed by atoms with van der Waals surface area (Å²) in [4.78, 5) is 1.77. The van der Waals surface area contributed by atoms with E-state index in [1.54, 1.807) is 9.69 Å². The molecule has 0 unspecified atom stereocenters. The maximum atomic E-state index is 6.77. The van der Waals surface area contributed by atoms with Gasteiger partial charge in [0.2, 0.25) is 0 Å². The van der Waals surface area contributed by atoms with Crippen LogP contribution in [0.3, 0.4) is 0 Å². The first-order chi connectivity index (χ1) is 27.3. The van der Waals surface area contributed by atoms with Crippen molar-refractivity contribution in [3.63, 3.8) is 0 Å². The molecule has 6 aromatic carbocycles. The summed E-state index contributed by atoms with van der Waals surface area (Å²) in [5.74, 6) is 0. The normalized spacial score (nSPS) is 13.2. The first-order valence-corrected chi connectivity index (χ1v) is 37.5. The van der Waals surface area contributed by atoms with E-state index in [-0.39, 0.29) is 5.41 Å². The van der Waals surface area contributed by atoms with E-state index in [1.165, 1.54) is 31.8 Å². The van der Waals surface area contributed by atoms with Gasteiger partial charge in [0.15, 0.2) is 8.24 Å². The molecule has 0 radical (unpaired) electrons. The molecule has 0 aliphatic carbocycles. The number of hydrogen-bond donors (Lipinski definition) is 0. The molecule has 0 fully saturated rings. The lowest BCUT2D eigenvalue weighted by atomic mass is 10.0. The van der Waals surface area contributed by atoms with Gasteiger partial charge in [-0.1, -0.05) is 273 Å². The molecule has 0 bridgehead atoms. The molecule has 7 heteroatoms. The van der Waals surface area contributed by atoms with Gasteiger partial charge in [0.25, 0.3) is 0 Å². The molecule has 0 atom stereocenters. The summed E-state index contributed by atoms with van der Waals surface area (Å²) in [5.41, 5.74) is -0.125. The molecule has 1 nitrogen and oxygen atoms in total. The molecule has 6 aromatic rings. The van der Waals surface area contributed by atoms with E-state index in [2.05, 4.69) is 262 Å². The Morgan fingerprint density at radius 3 is 0.914 bits per heavy atom. The Kier molecular flexibility index (Phi) is 13.0. The van der Waals surface area contributed by atoms with Gasteiger partial charge in [0, 0.05) is 11.8 Å². The van der Waals surface area contributed by atoms with E-state index in [9.17, 15) is 0 Å². The van der Waals surface area contributed by atoms with Crippen molar-refractivity contribution in [2.45, 2.75) is 79.7 Å². The number of benzene rings is 6. The average molecular weight is 870 g/mol. The second-order valence-electron chi connectivity index (χ2n) is 19.6. The smallest absolute Gasteiger partial charge is 0.171 e. The molecule has 0 amide bonds. The van der Waals surface area contributed by atoms with Crippen molar-refractivity contribution in [3.8, 4) is 0 Å². The van der Waals surface area contributed by atoms with Gasteiger partial charge in [0.05, 0.1) is 15.8 Å². The summed E-state index contributed by atoms with van der Waals surface area (Å²) in [5, 5.41) is 8.70. The van der Waals surface area contributed by atoms with Crippen LogP contribution in [-0.4, -0.2) is 33.7 Å². The number of hydrogen-bond acceptors (Lipinski definition) is 1. The van der Waals surface area contributed by atoms with Gasteiger partial charge < -0.3 is 4.41 Å². The molecule has 0 aliphatic heterocycles. The molecule has 0 N–H and O–H groups in total. The van der Waals surface area contributed by atoms with Gasteiger partial charge >= 0.3 is 0 Å². The minimum absolute atomic E-state index is 0.125. The molecule has 0 aliphatic rings. The van der Waals surface area contributed by atoms with Gasteiger partial charge in [-0.3, -0.25) is 0 Å². The minimum atomic E-state index is -2.89. The molecular weight excluding hydrogens is 804 g/mol. The van der Waals surface area contributed by atoms with Crippen molar-refractivity contribution in [1.29, 1.82) is 0 Å². The zero-order valence-electron chi connectivity index (χ0n) is 37.1. The molecule has 0 saturated heterocycles. The van der Waals surface area contributed by atoms with Gasteiger partial charge in [-0.25, -0.2) is 0 Å². The van der Waals surface area contributed by atoms with Crippen molar-refractivity contribution < 1.29 is 0 Å². The molecule has 0 heterocycles. The zero-order valence-corrected chi connectivity index (χ0v) is 42.8. The van der Waals surface area contributed by atoms with Crippen LogP contribution in [-0.2, 0) is 0 Å². The first kappa shape index (κ1) is 44.4. The van der Waals surface area contributed by atoms with E-state index >= 15 is 0 Å². The summed E-state index contributed by atoms with van der Waals surface area (Å²) in [6, 6.07) is 71.2. The highest BCUT2D eigenvalue weighted by atomic mass is 31.4. The Balaban J connectivity index is 2.34. The molecule has 58 heavy (non-hydrogen) atoms. The summed E-state index contributed by atoms with van der Waals surface area (Å²) < 4.78 is 8.54. The summed E-state index contributed by atoms with van der Waals surface area (Å²) in [7, 11) is -9.73.